The van der Waals surface area contributed by atoms with Crippen LogP contribution in [-0.2, 0) is 13.1 Å². The van der Waals surface area contributed by atoms with Gasteiger partial charge in [0.2, 0.25) is 0 Å². The van der Waals surface area contributed by atoms with Crippen LogP contribution in [-0.4, -0.2) is 80.8 Å². The minimum atomic E-state index is -0.391. The van der Waals surface area contributed by atoms with Crippen molar-refractivity contribution in [1.82, 2.24) is 9.80 Å². The van der Waals surface area contributed by atoms with Crippen molar-refractivity contribution in [1.29, 1.82) is 0 Å². The molecule has 2 aliphatic rings. The molecule has 2 fully saturated rings. The van der Waals surface area contributed by atoms with Crippen molar-refractivity contribution in [2.24, 2.45) is 0 Å². The van der Waals surface area contributed by atoms with E-state index < -0.39 is 24.4 Å². The van der Waals surface area contributed by atoms with E-state index in [9.17, 15) is 20.4 Å². The van der Waals surface area contributed by atoms with Crippen molar-refractivity contribution in [3.05, 3.63) is 71.8 Å². The molecule has 2 aliphatic heterocycles. The van der Waals surface area contributed by atoms with E-state index >= 15 is 0 Å². The number of nitrogens with zero attached hydrogens (tertiary/aromatic N) is 2. The Kier molecular flexibility index (Phi) is 8.81. The lowest BCUT2D eigenvalue weighted by molar-refractivity contribution is -0.0115. The highest BCUT2D eigenvalue weighted by molar-refractivity contribution is 5.15. The van der Waals surface area contributed by atoms with Crippen LogP contribution in [0.15, 0.2) is 60.7 Å². The second-order valence-corrected chi connectivity index (χ2v) is 8.45. The van der Waals surface area contributed by atoms with Crippen molar-refractivity contribution in [3.8, 4) is 0 Å². The summed E-state index contributed by atoms with van der Waals surface area (Å²) in [7, 11) is 0. The molecule has 0 bridgehead atoms. The Labute approximate surface area is 179 Å². The maximum atomic E-state index is 9.53. The van der Waals surface area contributed by atoms with Gasteiger partial charge in [-0.1, -0.05) is 60.7 Å². The molecule has 0 aromatic heterocycles. The number of aliphatic hydroxyl groups is 4. The molecule has 4 N–H and O–H groups in total. The van der Waals surface area contributed by atoms with Gasteiger partial charge in [-0.25, -0.2) is 0 Å². The molecule has 2 heterocycles. The van der Waals surface area contributed by atoms with E-state index in [2.05, 4.69) is 34.1 Å². The molecule has 4 rings (SSSR count). The molecule has 6 nitrogen and oxygen atoms in total. The first kappa shape index (κ1) is 22.9. The van der Waals surface area contributed by atoms with Crippen LogP contribution in [0, 0.1) is 0 Å². The Balaban J connectivity index is 0.000000171. The van der Waals surface area contributed by atoms with Gasteiger partial charge >= 0.3 is 0 Å². The highest BCUT2D eigenvalue weighted by Crippen LogP contribution is 2.15. The van der Waals surface area contributed by atoms with Gasteiger partial charge in [0.05, 0.1) is 24.4 Å². The molecule has 2 aromatic rings. The maximum Gasteiger partial charge on any atom is 0.0692 e. The zero-order valence-electron chi connectivity index (χ0n) is 17.4. The first-order valence-electron chi connectivity index (χ1n) is 10.7. The van der Waals surface area contributed by atoms with Gasteiger partial charge in [-0.05, 0) is 11.1 Å². The minimum absolute atomic E-state index is 0.391. The Morgan fingerprint density at radius 1 is 0.533 bits per heavy atom. The summed E-state index contributed by atoms with van der Waals surface area (Å²) >= 11 is 0. The van der Waals surface area contributed by atoms with Crippen molar-refractivity contribution in [3.63, 3.8) is 0 Å². The molecule has 0 spiro atoms. The zero-order valence-corrected chi connectivity index (χ0v) is 17.4. The molecule has 0 saturated carbocycles. The molecule has 2 saturated heterocycles. The molecule has 2 aromatic carbocycles. The quantitative estimate of drug-likeness (QED) is 0.602. The van der Waals surface area contributed by atoms with Crippen molar-refractivity contribution < 1.29 is 20.4 Å². The van der Waals surface area contributed by atoms with Crippen molar-refractivity contribution in [2.45, 2.75) is 50.3 Å². The number of hydrogen-bond donors (Lipinski definition) is 4. The van der Waals surface area contributed by atoms with Gasteiger partial charge in [-0.3, -0.25) is 9.80 Å². The van der Waals surface area contributed by atoms with Gasteiger partial charge in [-0.2, -0.15) is 0 Å². The number of rotatable bonds is 4. The molecule has 0 amide bonds. The fourth-order valence-corrected chi connectivity index (χ4v) is 4.21. The maximum absolute atomic E-state index is 9.53. The van der Waals surface area contributed by atoms with E-state index in [0.717, 1.165) is 13.1 Å². The van der Waals surface area contributed by atoms with Crippen LogP contribution in [0.4, 0.5) is 0 Å². The summed E-state index contributed by atoms with van der Waals surface area (Å²) in [6.45, 7) is 4.24. The molecule has 4 atom stereocenters. The third kappa shape index (κ3) is 7.80. The van der Waals surface area contributed by atoms with E-state index in [1.165, 1.54) is 11.1 Å². The van der Waals surface area contributed by atoms with Crippen LogP contribution in [0.5, 0.6) is 0 Å². The summed E-state index contributed by atoms with van der Waals surface area (Å²) in [6.07, 6.45) is -0.554. The fraction of sp³-hybridized carbons (Fsp3) is 0.500. The van der Waals surface area contributed by atoms with Gasteiger partial charge in [0.25, 0.3) is 0 Å². The Morgan fingerprint density at radius 2 is 0.833 bits per heavy atom. The van der Waals surface area contributed by atoms with Crippen LogP contribution < -0.4 is 0 Å². The predicted molar refractivity (Wildman–Crippen MR) is 117 cm³/mol. The molecule has 30 heavy (non-hydrogen) atoms. The summed E-state index contributed by atoms with van der Waals surface area (Å²) in [4.78, 5) is 4.18. The van der Waals surface area contributed by atoms with E-state index in [4.69, 9.17) is 0 Å². The molecule has 6 heteroatoms. The van der Waals surface area contributed by atoms with Crippen LogP contribution in [0.25, 0.3) is 0 Å². The monoisotopic (exact) mass is 414 g/mol. The highest BCUT2D eigenvalue weighted by atomic mass is 16.3. The van der Waals surface area contributed by atoms with Gasteiger partial charge in [-0.15, -0.1) is 0 Å². The van der Waals surface area contributed by atoms with Gasteiger partial charge in [0.15, 0.2) is 0 Å². The van der Waals surface area contributed by atoms with Crippen LogP contribution >= 0.6 is 0 Å². The molecule has 0 unspecified atom stereocenters. The number of likely N-dealkylation sites (tertiary alicyclic amines) is 2. The second-order valence-electron chi connectivity index (χ2n) is 8.45. The minimum Gasteiger partial charge on any atom is -0.392 e. The Morgan fingerprint density at radius 3 is 1.13 bits per heavy atom. The number of benzene rings is 2. The summed E-state index contributed by atoms with van der Waals surface area (Å²) in [5.74, 6) is 0. The second kappa shape index (κ2) is 11.6. The predicted octanol–water partition coefficient (Wildman–Crippen LogP) is 1.23. The fourth-order valence-electron chi connectivity index (χ4n) is 4.21. The standard InChI is InChI=1S/2C12H17NO2/c2*14-11-6-12(15)9-13(8-11)7-10-4-2-1-3-5-10/h2*1-5,11-12,14-15H,6-9H2/t2*11-,12+. The number of hydrogen-bond acceptors (Lipinski definition) is 6. The smallest absolute Gasteiger partial charge is 0.0692 e. The Bertz CT molecular complexity index is 647. The van der Waals surface area contributed by atoms with Gasteiger partial charge in [0.1, 0.15) is 0 Å². The lowest BCUT2D eigenvalue weighted by Crippen LogP contribution is -2.45. The summed E-state index contributed by atoms with van der Waals surface area (Å²) < 4.78 is 0. The largest absolute Gasteiger partial charge is 0.392 e. The van der Waals surface area contributed by atoms with E-state index in [1.54, 1.807) is 0 Å². The van der Waals surface area contributed by atoms with Gasteiger partial charge in [0, 0.05) is 52.1 Å². The molecule has 0 radical (unpaired) electrons. The molecule has 0 aliphatic carbocycles. The summed E-state index contributed by atoms with van der Waals surface area (Å²) in [5.41, 5.74) is 2.44. The normalized spacial score (nSPS) is 27.9. The average molecular weight is 415 g/mol. The first-order valence-corrected chi connectivity index (χ1v) is 10.7. The highest BCUT2D eigenvalue weighted by Gasteiger charge is 2.24. The van der Waals surface area contributed by atoms with Crippen molar-refractivity contribution >= 4 is 0 Å². The van der Waals surface area contributed by atoms with E-state index in [-0.39, 0.29) is 0 Å². The van der Waals surface area contributed by atoms with Gasteiger partial charge < -0.3 is 20.4 Å². The first-order chi connectivity index (χ1) is 14.5. The zero-order chi connectivity index (χ0) is 21.3. The van der Waals surface area contributed by atoms with Crippen LogP contribution in [0.1, 0.15) is 24.0 Å². The third-order valence-electron chi connectivity index (χ3n) is 5.46. The molecular weight excluding hydrogens is 380 g/mol. The summed E-state index contributed by atoms with van der Waals surface area (Å²) in [6, 6.07) is 20.3. The molecular formula is C24H34N2O4. The topological polar surface area (TPSA) is 87.4 Å². The summed E-state index contributed by atoms with van der Waals surface area (Å²) in [5, 5.41) is 38.1. The number of β-amino-alcohol motifs (C(OH)–C–C–N with tert-alkyl or cyclic N) is 4. The average Bonchev–Trinajstić information content (AvgIpc) is 2.68. The molecule has 164 valence electrons. The van der Waals surface area contributed by atoms with Crippen molar-refractivity contribution in [2.75, 3.05) is 26.2 Å². The van der Waals surface area contributed by atoms with E-state index in [0.29, 0.717) is 39.0 Å². The number of piperidine rings is 2. The SMILES string of the molecule is O[C@@H]1C[C@H](O)CN(Cc2ccccc2)C1.O[C@@H]1C[C@H](O)CN(Cc2ccccc2)C1. The number of aliphatic hydroxyl groups excluding tert-OH is 4. The third-order valence-corrected chi connectivity index (χ3v) is 5.46. The van der Waals surface area contributed by atoms with Crippen LogP contribution in [0.2, 0.25) is 0 Å². The van der Waals surface area contributed by atoms with Crippen LogP contribution in [0.3, 0.4) is 0 Å². The lowest BCUT2D eigenvalue weighted by atomic mass is 10.0. The Hall–Kier alpha value is -1.80. The lowest BCUT2D eigenvalue weighted by Gasteiger charge is -2.33. The van der Waals surface area contributed by atoms with E-state index in [1.807, 2.05) is 36.4 Å².